The van der Waals surface area contributed by atoms with E-state index in [0.717, 1.165) is 5.56 Å². The van der Waals surface area contributed by atoms with E-state index in [1.165, 1.54) is 7.11 Å². The molecule has 1 amide bonds. The van der Waals surface area contributed by atoms with Gasteiger partial charge in [0.05, 0.1) is 19.1 Å². The van der Waals surface area contributed by atoms with E-state index in [0.29, 0.717) is 22.9 Å². The Bertz CT molecular complexity index is 700. The van der Waals surface area contributed by atoms with E-state index in [9.17, 15) is 9.59 Å². The second kappa shape index (κ2) is 8.93. The molecule has 0 saturated heterocycles. The lowest BCUT2D eigenvalue weighted by Crippen LogP contribution is -2.26. The number of halogens is 1. The zero-order valence-corrected chi connectivity index (χ0v) is 14.0. The van der Waals surface area contributed by atoms with E-state index in [1.54, 1.807) is 36.4 Å². The molecular formula is C18H18ClNO4. The van der Waals surface area contributed by atoms with Gasteiger partial charge in [0.1, 0.15) is 12.4 Å². The van der Waals surface area contributed by atoms with Crippen LogP contribution in [0.25, 0.3) is 0 Å². The van der Waals surface area contributed by atoms with Gasteiger partial charge in [-0.3, -0.25) is 9.59 Å². The second-order valence-corrected chi connectivity index (χ2v) is 5.43. The molecule has 1 N–H and O–H groups in total. The Morgan fingerprint density at radius 3 is 2.50 bits per heavy atom. The van der Waals surface area contributed by atoms with Crippen molar-refractivity contribution in [3.05, 3.63) is 64.7 Å². The van der Waals surface area contributed by atoms with Crippen molar-refractivity contribution in [1.82, 2.24) is 5.32 Å². The molecule has 0 fully saturated rings. The van der Waals surface area contributed by atoms with Gasteiger partial charge in [0.25, 0.3) is 5.91 Å². The topological polar surface area (TPSA) is 64.6 Å². The van der Waals surface area contributed by atoms with E-state index in [2.05, 4.69) is 10.1 Å². The monoisotopic (exact) mass is 347 g/mol. The van der Waals surface area contributed by atoms with Crippen LogP contribution in [0, 0.1) is 0 Å². The molecule has 5 nitrogen and oxygen atoms in total. The first-order valence-electron chi connectivity index (χ1n) is 7.41. The van der Waals surface area contributed by atoms with Crippen LogP contribution in [0.1, 0.15) is 22.3 Å². The molecule has 2 aromatic rings. The first kappa shape index (κ1) is 17.8. The summed E-state index contributed by atoms with van der Waals surface area (Å²) in [4.78, 5) is 23.3. The van der Waals surface area contributed by atoms with E-state index in [4.69, 9.17) is 16.3 Å². The quantitative estimate of drug-likeness (QED) is 0.781. The third-order valence-corrected chi connectivity index (χ3v) is 3.53. The number of nitrogens with one attached hydrogen (secondary N) is 1. The zero-order valence-electron chi connectivity index (χ0n) is 13.3. The molecule has 0 aliphatic heterocycles. The maximum absolute atomic E-state index is 12.2. The lowest BCUT2D eigenvalue weighted by atomic mass is 10.2. The number of hydrogen-bond acceptors (Lipinski definition) is 4. The second-order valence-electron chi connectivity index (χ2n) is 4.99. The predicted octanol–water partition coefficient (Wildman–Crippen LogP) is 3.21. The maximum atomic E-state index is 12.2. The van der Waals surface area contributed by atoms with Crippen LogP contribution in [0.3, 0.4) is 0 Å². The smallest absolute Gasteiger partial charge is 0.307 e. The average molecular weight is 348 g/mol. The number of carbonyl (C=O) groups excluding carboxylic acids is 2. The van der Waals surface area contributed by atoms with Gasteiger partial charge in [-0.15, -0.1) is 0 Å². The number of hydrogen-bond donors (Lipinski definition) is 1. The van der Waals surface area contributed by atoms with Gasteiger partial charge in [-0.25, -0.2) is 0 Å². The standard InChI is InChI=1S/C18H18ClNO4/c1-23-17(21)10-11-20-18(22)15-4-2-3-5-16(15)24-12-13-6-8-14(19)9-7-13/h2-9H,10-12H2,1H3,(H,20,22). The molecule has 0 aromatic heterocycles. The highest BCUT2D eigenvalue weighted by Crippen LogP contribution is 2.20. The highest BCUT2D eigenvalue weighted by atomic mass is 35.5. The van der Waals surface area contributed by atoms with Crippen LogP contribution in [0.15, 0.2) is 48.5 Å². The first-order valence-corrected chi connectivity index (χ1v) is 7.79. The third-order valence-electron chi connectivity index (χ3n) is 3.28. The molecule has 0 aliphatic rings. The SMILES string of the molecule is COC(=O)CCNC(=O)c1ccccc1OCc1ccc(Cl)cc1. The fraction of sp³-hybridized carbons (Fsp3) is 0.222. The molecule has 0 radical (unpaired) electrons. The van der Waals surface area contributed by atoms with Gasteiger partial charge in [0.2, 0.25) is 0 Å². The molecule has 0 spiro atoms. The third kappa shape index (κ3) is 5.28. The average Bonchev–Trinajstić information content (AvgIpc) is 2.61. The van der Waals surface area contributed by atoms with Crippen molar-refractivity contribution in [1.29, 1.82) is 0 Å². The normalized spacial score (nSPS) is 10.1. The van der Waals surface area contributed by atoms with Crippen molar-refractivity contribution in [2.75, 3.05) is 13.7 Å². The molecule has 0 aliphatic carbocycles. The Morgan fingerprint density at radius 2 is 1.79 bits per heavy atom. The Morgan fingerprint density at radius 1 is 1.08 bits per heavy atom. The number of para-hydroxylation sites is 1. The van der Waals surface area contributed by atoms with Crippen molar-refractivity contribution >= 4 is 23.5 Å². The summed E-state index contributed by atoms with van der Waals surface area (Å²) in [6.07, 6.45) is 0.121. The van der Waals surface area contributed by atoms with Crippen LogP contribution in [-0.4, -0.2) is 25.5 Å². The van der Waals surface area contributed by atoms with Crippen LogP contribution in [0.4, 0.5) is 0 Å². The van der Waals surface area contributed by atoms with Crippen molar-refractivity contribution in [2.45, 2.75) is 13.0 Å². The van der Waals surface area contributed by atoms with Gasteiger partial charge in [0, 0.05) is 11.6 Å². The molecule has 6 heteroatoms. The summed E-state index contributed by atoms with van der Waals surface area (Å²) in [6, 6.07) is 14.2. The van der Waals surface area contributed by atoms with Crippen LogP contribution in [-0.2, 0) is 16.1 Å². The molecule has 0 saturated carbocycles. The molecule has 0 heterocycles. The first-order chi connectivity index (χ1) is 11.6. The lowest BCUT2D eigenvalue weighted by Gasteiger charge is -2.11. The highest BCUT2D eigenvalue weighted by Gasteiger charge is 2.12. The Labute approximate surface area is 145 Å². The number of carbonyl (C=O) groups is 2. The fourth-order valence-electron chi connectivity index (χ4n) is 2.00. The number of ether oxygens (including phenoxy) is 2. The number of esters is 1. The molecule has 0 bridgehead atoms. The van der Waals surface area contributed by atoms with Gasteiger partial charge in [-0.05, 0) is 29.8 Å². The Kier molecular flexibility index (Phi) is 6.63. The zero-order chi connectivity index (χ0) is 17.4. The van der Waals surface area contributed by atoms with Crippen molar-refractivity contribution in [2.24, 2.45) is 0 Å². The molecule has 126 valence electrons. The van der Waals surface area contributed by atoms with Crippen molar-refractivity contribution in [3.63, 3.8) is 0 Å². The summed E-state index contributed by atoms with van der Waals surface area (Å²) in [5, 5.41) is 3.33. The molecule has 0 atom stereocenters. The Balaban J connectivity index is 1.97. The van der Waals surface area contributed by atoms with E-state index < -0.39 is 0 Å². The number of methoxy groups -OCH3 is 1. The maximum Gasteiger partial charge on any atom is 0.307 e. The minimum atomic E-state index is -0.373. The van der Waals surface area contributed by atoms with Gasteiger partial charge in [-0.2, -0.15) is 0 Å². The van der Waals surface area contributed by atoms with Gasteiger partial charge in [0.15, 0.2) is 0 Å². The summed E-state index contributed by atoms with van der Waals surface area (Å²) in [5.41, 5.74) is 1.36. The number of rotatable bonds is 7. The van der Waals surface area contributed by atoms with Gasteiger partial charge < -0.3 is 14.8 Å². The molecule has 2 rings (SSSR count). The minimum absolute atomic E-state index is 0.121. The van der Waals surface area contributed by atoms with Crippen LogP contribution < -0.4 is 10.1 Å². The van der Waals surface area contributed by atoms with Crippen LogP contribution in [0.2, 0.25) is 5.02 Å². The summed E-state index contributed by atoms with van der Waals surface area (Å²) in [5.74, 6) is -0.198. The molecule has 24 heavy (non-hydrogen) atoms. The minimum Gasteiger partial charge on any atom is -0.488 e. The lowest BCUT2D eigenvalue weighted by molar-refractivity contribution is -0.140. The summed E-state index contributed by atoms with van der Waals surface area (Å²) in [6.45, 7) is 0.528. The highest BCUT2D eigenvalue weighted by molar-refractivity contribution is 6.30. The van der Waals surface area contributed by atoms with Crippen LogP contribution in [0.5, 0.6) is 5.75 Å². The van der Waals surface area contributed by atoms with Crippen LogP contribution >= 0.6 is 11.6 Å². The molecule has 0 unspecified atom stereocenters. The van der Waals surface area contributed by atoms with Crippen molar-refractivity contribution in [3.8, 4) is 5.75 Å². The summed E-state index contributed by atoms with van der Waals surface area (Å²) < 4.78 is 10.3. The summed E-state index contributed by atoms with van der Waals surface area (Å²) in [7, 11) is 1.31. The van der Waals surface area contributed by atoms with Gasteiger partial charge in [-0.1, -0.05) is 35.9 Å². The fourth-order valence-corrected chi connectivity index (χ4v) is 2.12. The van der Waals surface area contributed by atoms with E-state index >= 15 is 0 Å². The Hall–Kier alpha value is -2.53. The number of amides is 1. The van der Waals surface area contributed by atoms with E-state index in [-0.39, 0.29) is 24.8 Å². The largest absolute Gasteiger partial charge is 0.488 e. The molecular weight excluding hydrogens is 330 g/mol. The van der Waals surface area contributed by atoms with Crippen molar-refractivity contribution < 1.29 is 19.1 Å². The van der Waals surface area contributed by atoms with E-state index in [1.807, 2.05) is 12.1 Å². The molecule has 2 aromatic carbocycles. The summed E-state index contributed by atoms with van der Waals surface area (Å²) >= 11 is 5.85. The predicted molar refractivity (Wildman–Crippen MR) is 91.2 cm³/mol. The van der Waals surface area contributed by atoms with Gasteiger partial charge >= 0.3 is 5.97 Å². The number of benzene rings is 2.